The van der Waals surface area contributed by atoms with Crippen LogP contribution in [0, 0.1) is 5.92 Å². The molecule has 0 N–H and O–H groups in total. The van der Waals surface area contributed by atoms with E-state index in [0.717, 1.165) is 46.5 Å². The first-order valence-electron chi connectivity index (χ1n) is 13.3. The third kappa shape index (κ3) is 4.72. The van der Waals surface area contributed by atoms with Gasteiger partial charge < -0.3 is 4.90 Å². The number of amidine groups is 1. The lowest BCUT2D eigenvalue weighted by molar-refractivity contribution is -0.115. The molecule has 10 heteroatoms. The van der Waals surface area contributed by atoms with Crippen molar-refractivity contribution >= 4 is 49.8 Å². The third-order valence-electron chi connectivity index (χ3n) is 7.53. The maximum absolute atomic E-state index is 13.4. The summed E-state index contributed by atoms with van der Waals surface area (Å²) in [6, 6.07) is 30.0. The summed E-state index contributed by atoms with van der Waals surface area (Å²) < 4.78 is 31.0. The van der Waals surface area contributed by atoms with Gasteiger partial charge in [-0.3, -0.25) is 14.8 Å². The standard InChI is InChI=1S/C31H25N5O3S2/c37-24-19-35(22-9-2-1-3-10-22)31(40-20-24)34-41(38,39)25-15-13-23(14-16-25)36-30(28-12-6-7-17-32-28)27-18-21-8-4-5-11-26(21)29(27)33-36/h1-17,27,30H,18-20H2/b34-31-. The van der Waals surface area contributed by atoms with Gasteiger partial charge in [-0.05, 0) is 60.5 Å². The van der Waals surface area contributed by atoms with Gasteiger partial charge in [-0.25, -0.2) is 0 Å². The molecule has 0 saturated carbocycles. The van der Waals surface area contributed by atoms with Gasteiger partial charge in [-0.1, -0.05) is 60.3 Å². The van der Waals surface area contributed by atoms with E-state index in [0.29, 0.717) is 0 Å². The number of thioether (sulfide) groups is 1. The molecule has 2 unspecified atom stereocenters. The van der Waals surface area contributed by atoms with Crippen molar-refractivity contribution in [1.29, 1.82) is 0 Å². The number of carbonyl (C=O) groups excluding carboxylic acids is 1. The summed E-state index contributed by atoms with van der Waals surface area (Å²) in [4.78, 5) is 18.6. The Hall–Kier alpha value is -4.28. The van der Waals surface area contributed by atoms with E-state index in [1.807, 2.05) is 59.6 Å². The van der Waals surface area contributed by atoms with Gasteiger partial charge in [0, 0.05) is 23.4 Å². The molecule has 3 aromatic carbocycles. The zero-order valence-electron chi connectivity index (χ0n) is 21.9. The van der Waals surface area contributed by atoms with Crippen LogP contribution in [-0.2, 0) is 21.2 Å². The number of pyridine rings is 1. The van der Waals surface area contributed by atoms with Crippen molar-refractivity contribution in [1.82, 2.24) is 4.98 Å². The minimum absolute atomic E-state index is 0.0154. The normalized spacial score (nSPS) is 21.1. The number of anilines is 2. The van der Waals surface area contributed by atoms with E-state index < -0.39 is 10.0 Å². The van der Waals surface area contributed by atoms with E-state index >= 15 is 0 Å². The molecule has 1 aromatic heterocycles. The molecule has 4 aromatic rings. The summed E-state index contributed by atoms with van der Waals surface area (Å²) >= 11 is 1.14. The highest BCUT2D eigenvalue weighted by molar-refractivity contribution is 8.15. The summed E-state index contributed by atoms with van der Waals surface area (Å²) in [6.45, 7) is 0.0821. The number of sulfonamides is 1. The van der Waals surface area contributed by atoms with Crippen LogP contribution in [0.3, 0.4) is 0 Å². The number of hydrogen-bond acceptors (Lipinski definition) is 7. The maximum Gasteiger partial charge on any atom is 0.284 e. The fourth-order valence-corrected chi connectivity index (χ4v) is 7.75. The van der Waals surface area contributed by atoms with Crippen LogP contribution in [0.15, 0.2) is 118 Å². The van der Waals surface area contributed by atoms with Gasteiger partial charge in [0.2, 0.25) is 0 Å². The number of nitrogens with zero attached hydrogens (tertiary/aromatic N) is 5. The largest absolute Gasteiger partial charge is 0.313 e. The Morgan fingerprint density at radius 1 is 0.854 bits per heavy atom. The lowest BCUT2D eigenvalue weighted by Crippen LogP contribution is -2.40. The molecule has 0 amide bonds. The number of para-hydroxylation sites is 1. The molecule has 0 radical (unpaired) electrons. The molecule has 7 rings (SSSR count). The van der Waals surface area contributed by atoms with Crippen molar-refractivity contribution in [2.75, 3.05) is 22.2 Å². The number of hydrazone groups is 1. The van der Waals surface area contributed by atoms with E-state index in [9.17, 15) is 13.2 Å². The van der Waals surface area contributed by atoms with Crippen molar-refractivity contribution in [3.8, 4) is 0 Å². The number of Topliss-reactive ketones (excluding diaryl/α,β-unsaturated/α-hetero) is 1. The molecule has 204 valence electrons. The monoisotopic (exact) mass is 579 g/mol. The Kier molecular flexibility index (Phi) is 6.44. The van der Waals surface area contributed by atoms with Crippen LogP contribution in [0.4, 0.5) is 11.4 Å². The van der Waals surface area contributed by atoms with Crippen LogP contribution < -0.4 is 9.91 Å². The average molecular weight is 580 g/mol. The highest BCUT2D eigenvalue weighted by Crippen LogP contribution is 2.45. The lowest BCUT2D eigenvalue weighted by Gasteiger charge is -2.28. The molecule has 3 aliphatic rings. The minimum Gasteiger partial charge on any atom is -0.313 e. The minimum atomic E-state index is -4.03. The van der Waals surface area contributed by atoms with Gasteiger partial charge >= 0.3 is 0 Å². The average Bonchev–Trinajstić information content (AvgIpc) is 3.55. The second-order valence-corrected chi connectivity index (χ2v) is 12.6. The molecule has 1 aliphatic carbocycles. The Morgan fingerprint density at radius 3 is 2.39 bits per heavy atom. The summed E-state index contributed by atoms with van der Waals surface area (Å²) in [5.41, 5.74) is 5.88. The van der Waals surface area contributed by atoms with Crippen LogP contribution in [0.25, 0.3) is 0 Å². The van der Waals surface area contributed by atoms with Gasteiger partial charge in [-0.15, -0.1) is 4.40 Å². The SMILES string of the molecule is O=C1CS/C(=N\S(=O)(=O)c2ccc(N3N=C4c5ccccc5CC4C3c3ccccn3)cc2)N(c2ccccc2)C1. The summed E-state index contributed by atoms with van der Waals surface area (Å²) in [7, 11) is -4.03. The van der Waals surface area contributed by atoms with Crippen LogP contribution >= 0.6 is 11.8 Å². The van der Waals surface area contributed by atoms with Crippen LogP contribution in [0.2, 0.25) is 0 Å². The third-order valence-corrected chi connectivity index (χ3v) is 9.96. The number of fused-ring (bicyclic) bond motifs is 3. The van der Waals surface area contributed by atoms with Gasteiger partial charge in [-0.2, -0.15) is 13.5 Å². The Balaban J connectivity index is 1.22. The lowest BCUT2D eigenvalue weighted by atomic mass is 9.93. The molecule has 41 heavy (non-hydrogen) atoms. The Labute approximate surface area is 242 Å². The first-order chi connectivity index (χ1) is 20.0. The summed E-state index contributed by atoms with van der Waals surface area (Å²) in [5, 5.41) is 7.29. The molecule has 8 nitrogen and oxygen atoms in total. The van der Waals surface area contributed by atoms with E-state index in [1.165, 1.54) is 5.56 Å². The molecule has 2 atom stereocenters. The Morgan fingerprint density at radius 2 is 1.61 bits per heavy atom. The fourth-order valence-electron chi connectivity index (χ4n) is 5.64. The van der Waals surface area contributed by atoms with Crippen LogP contribution in [0.1, 0.15) is 22.9 Å². The highest BCUT2D eigenvalue weighted by Gasteiger charge is 2.44. The summed E-state index contributed by atoms with van der Waals surface area (Å²) in [5.74, 6) is 0.347. The quantitative estimate of drug-likeness (QED) is 0.325. The molecule has 1 saturated heterocycles. The molecule has 1 fully saturated rings. The van der Waals surface area contributed by atoms with Crippen LogP contribution in [0.5, 0.6) is 0 Å². The Bertz CT molecular complexity index is 1790. The van der Waals surface area contributed by atoms with E-state index in [4.69, 9.17) is 5.10 Å². The first kappa shape index (κ1) is 25.7. The fraction of sp³-hybridized carbons (Fsp3) is 0.161. The van der Waals surface area contributed by atoms with Crippen molar-refractivity contribution in [2.45, 2.75) is 17.4 Å². The van der Waals surface area contributed by atoms with E-state index in [1.54, 1.807) is 35.4 Å². The molecule has 0 spiro atoms. The van der Waals surface area contributed by atoms with Gasteiger partial charge in [0.05, 0.1) is 34.3 Å². The van der Waals surface area contributed by atoms with Gasteiger partial charge in [0.25, 0.3) is 10.0 Å². The predicted molar refractivity (Wildman–Crippen MR) is 162 cm³/mol. The predicted octanol–water partition coefficient (Wildman–Crippen LogP) is 5.09. The van der Waals surface area contributed by atoms with Crippen molar-refractivity contribution < 1.29 is 13.2 Å². The van der Waals surface area contributed by atoms with Crippen molar-refractivity contribution in [3.63, 3.8) is 0 Å². The number of hydrogen-bond donors (Lipinski definition) is 0. The number of benzene rings is 3. The molecular weight excluding hydrogens is 555 g/mol. The van der Waals surface area contributed by atoms with E-state index in [-0.39, 0.29) is 40.1 Å². The van der Waals surface area contributed by atoms with Gasteiger partial charge in [0.15, 0.2) is 11.0 Å². The second-order valence-electron chi connectivity index (χ2n) is 10.1. The molecule has 0 bridgehead atoms. The van der Waals surface area contributed by atoms with Gasteiger partial charge in [0.1, 0.15) is 6.04 Å². The molecular formula is C31H25N5O3S2. The smallest absolute Gasteiger partial charge is 0.284 e. The zero-order valence-corrected chi connectivity index (χ0v) is 23.5. The number of carbonyl (C=O) groups is 1. The number of ketones is 1. The number of rotatable bonds is 5. The summed E-state index contributed by atoms with van der Waals surface area (Å²) in [6.07, 6.45) is 2.66. The maximum atomic E-state index is 13.4. The molecule has 2 aliphatic heterocycles. The number of aromatic nitrogens is 1. The highest BCUT2D eigenvalue weighted by atomic mass is 32.2. The van der Waals surface area contributed by atoms with Crippen molar-refractivity contribution in [3.05, 3.63) is 120 Å². The first-order valence-corrected chi connectivity index (χ1v) is 15.7. The topological polar surface area (TPSA) is 95.3 Å². The van der Waals surface area contributed by atoms with E-state index in [2.05, 4.69) is 27.6 Å². The second kappa shape index (κ2) is 10.3. The van der Waals surface area contributed by atoms with Crippen LogP contribution in [-0.4, -0.2) is 42.4 Å². The molecule has 3 heterocycles. The zero-order chi connectivity index (χ0) is 28.0. The van der Waals surface area contributed by atoms with Crippen molar-refractivity contribution in [2.24, 2.45) is 15.4 Å².